The van der Waals surface area contributed by atoms with Crippen molar-refractivity contribution >= 4 is 0 Å². The molecule has 0 saturated heterocycles. The molecule has 0 aliphatic carbocycles. The van der Waals surface area contributed by atoms with E-state index in [0.717, 1.165) is 6.54 Å². The zero-order valence-electron chi connectivity index (χ0n) is 9.29. The number of rotatable bonds is 6. The van der Waals surface area contributed by atoms with Gasteiger partial charge in [0, 0.05) is 6.04 Å². The minimum Gasteiger partial charge on any atom is -0.310 e. The van der Waals surface area contributed by atoms with E-state index in [1.807, 2.05) is 0 Å². The summed E-state index contributed by atoms with van der Waals surface area (Å²) in [5, 5.41) is 3.53. The van der Waals surface area contributed by atoms with E-state index < -0.39 is 0 Å². The second-order valence-electron chi connectivity index (χ2n) is 3.79. The fraction of sp³-hybridized carbons (Fsp3) is 0.538. The first-order valence-corrected chi connectivity index (χ1v) is 5.63. The summed E-state index contributed by atoms with van der Waals surface area (Å²) in [6, 6.07) is 11.1. The minimum atomic E-state index is 0.480. The Balaban J connectivity index is 2.25. The van der Waals surface area contributed by atoms with E-state index in [1.54, 1.807) is 0 Å². The van der Waals surface area contributed by atoms with E-state index in [9.17, 15) is 0 Å². The molecule has 0 spiro atoms. The van der Waals surface area contributed by atoms with Crippen molar-refractivity contribution < 1.29 is 0 Å². The average molecular weight is 191 g/mol. The summed E-state index contributed by atoms with van der Waals surface area (Å²) in [7, 11) is 0. The van der Waals surface area contributed by atoms with E-state index in [2.05, 4.69) is 49.5 Å². The second-order valence-corrected chi connectivity index (χ2v) is 3.79. The van der Waals surface area contributed by atoms with Gasteiger partial charge in [0.25, 0.3) is 0 Å². The minimum absolute atomic E-state index is 0.480. The van der Waals surface area contributed by atoms with Crippen molar-refractivity contribution in [2.24, 2.45) is 0 Å². The molecule has 0 aliphatic rings. The maximum atomic E-state index is 3.53. The van der Waals surface area contributed by atoms with E-state index >= 15 is 0 Å². The van der Waals surface area contributed by atoms with Gasteiger partial charge in [0.2, 0.25) is 0 Å². The van der Waals surface area contributed by atoms with Crippen molar-refractivity contribution in [2.75, 3.05) is 6.54 Å². The van der Waals surface area contributed by atoms with Crippen LogP contribution in [0.1, 0.15) is 44.7 Å². The Morgan fingerprint density at radius 2 is 1.86 bits per heavy atom. The van der Waals surface area contributed by atoms with Crippen molar-refractivity contribution in [3.05, 3.63) is 35.9 Å². The van der Waals surface area contributed by atoms with Crippen LogP contribution in [0.25, 0.3) is 0 Å². The standard InChI is InChI=1S/C13H21N/c1-3-4-8-11-14-12(2)13-9-6-5-7-10-13/h5-7,9-10,12,14H,3-4,8,11H2,1-2H3/t12-/m0/s1. The number of benzene rings is 1. The first-order chi connectivity index (χ1) is 6.84. The Hall–Kier alpha value is -0.820. The van der Waals surface area contributed by atoms with Gasteiger partial charge in [-0.1, -0.05) is 50.1 Å². The summed E-state index contributed by atoms with van der Waals surface area (Å²) in [6.07, 6.45) is 3.91. The molecule has 0 aliphatic heterocycles. The van der Waals surface area contributed by atoms with Gasteiger partial charge in [-0.15, -0.1) is 0 Å². The summed E-state index contributed by atoms with van der Waals surface area (Å²) < 4.78 is 0. The Kier molecular flexibility index (Phi) is 5.31. The highest BCUT2D eigenvalue weighted by Crippen LogP contribution is 2.10. The summed E-state index contributed by atoms with van der Waals surface area (Å²) in [6.45, 7) is 5.59. The van der Waals surface area contributed by atoms with Gasteiger partial charge in [-0.05, 0) is 25.5 Å². The molecule has 0 heterocycles. The quantitative estimate of drug-likeness (QED) is 0.678. The van der Waals surface area contributed by atoms with Crippen LogP contribution in [-0.4, -0.2) is 6.54 Å². The number of hydrogen-bond donors (Lipinski definition) is 1. The Morgan fingerprint density at radius 3 is 2.50 bits per heavy atom. The first kappa shape index (κ1) is 11.3. The van der Waals surface area contributed by atoms with Gasteiger partial charge >= 0.3 is 0 Å². The number of nitrogens with one attached hydrogen (secondary N) is 1. The van der Waals surface area contributed by atoms with Gasteiger partial charge in [0.05, 0.1) is 0 Å². The summed E-state index contributed by atoms with van der Waals surface area (Å²) >= 11 is 0. The lowest BCUT2D eigenvalue weighted by atomic mass is 10.1. The van der Waals surface area contributed by atoms with Crippen LogP contribution in [0.5, 0.6) is 0 Å². The molecule has 1 heteroatoms. The summed E-state index contributed by atoms with van der Waals surface area (Å²) in [5.74, 6) is 0. The fourth-order valence-electron chi connectivity index (χ4n) is 1.55. The van der Waals surface area contributed by atoms with Gasteiger partial charge in [0.1, 0.15) is 0 Å². The molecule has 1 nitrogen and oxygen atoms in total. The molecule has 0 fully saturated rings. The van der Waals surface area contributed by atoms with Crippen LogP contribution in [0.4, 0.5) is 0 Å². The van der Waals surface area contributed by atoms with Crippen LogP contribution in [0.2, 0.25) is 0 Å². The predicted octanol–water partition coefficient (Wildman–Crippen LogP) is 3.53. The number of unbranched alkanes of at least 4 members (excludes halogenated alkanes) is 2. The van der Waals surface area contributed by atoms with Gasteiger partial charge < -0.3 is 5.32 Å². The first-order valence-electron chi connectivity index (χ1n) is 5.63. The van der Waals surface area contributed by atoms with Crippen LogP contribution in [0.15, 0.2) is 30.3 Å². The van der Waals surface area contributed by atoms with E-state index in [-0.39, 0.29) is 0 Å². The molecule has 1 aromatic rings. The number of hydrogen-bond acceptors (Lipinski definition) is 1. The van der Waals surface area contributed by atoms with Crippen molar-refractivity contribution in [3.8, 4) is 0 Å². The molecular formula is C13H21N. The van der Waals surface area contributed by atoms with Gasteiger partial charge in [-0.25, -0.2) is 0 Å². The van der Waals surface area contributed by atoms with E-state index in [0.29, 0.717) is 6.04 Å². The zero-order valence-corrected chi connectivity index (χ0v) is 9.29. The van der Waals surface area contributed by atoms with Crippen LogP contribution in [-0.2, 0) is 0 Å². The molecule has 0 saturated carbocycles. The maximum absolute atomic E-state index is 3.53. The summed E-state index contributed by atoms with van der Waals surface area (Å²) in [4.78, 5) is 0. The molecule has 0 amide bonds. The van der Waals surface area contributed by atoms with Crippen molar-refractivity contribution in [1.29, 1.82) is 0 Å². The second kappa shape index (κ2) is 6.61. The lowest BCUT2D eigenvalue weighted by Crippen LogP contribution is -2.19. The van der Waals surface area contributed by atoms with Crippen molar-refractivity contribution in [1.82, 2.24) is 5.32 Å². The normalized spacial score (nSPS) is 12.7. The highest BCUT2D eigenvalue weighted by atomic mass is 14.9. The Morgan fingerprint density at radius 1 is 1.14 bits per heavy atom. The molecule has 78 valence electrons. The van der Waals surface area contributed by atoms with Crippen LogP contribution in [0.3, 0.4) is 0 Å². The molecule has 0 radical (unpaired) electrons. The fourth-order valence-corrected chi connectivity index (χ4v) is 1.55. The third-order valence-corrected chi connectivity index (χ3v) is 2.53. The van der Waals surface area contributed by atoms with Crippen LogP contribution in [0, 0.1) is 0 Å². The molecule has 0 unspecified atom stereocenters. The highest BCUT2D eigenvalue weighted by Gasteiger charge is 2.01. The van der Waals surface area contributed by atoms with Crippen molar-refractivity contribution in [2.45, 2.75) is 39.2 Å². The Labute approximate surface area is 87.5 Å². The largest absolute Gasteiger partial charge is 0.310 e. The monoisotopic (exact) mass is 191 g/mol. The van der Waals surface area contributed by atoms with Crippen molar-refractivity contribution in [3.63, 3.8) is 0 Å². The highest BCUT2D eigenvalue weighted by molar-refractivity contribution is 5.17. The van der Waals surface area contributed by atoms with Gasteiger partial charge in [-0.3, -0.25) is 0 Å². The predicted molar refractivity (Wildman–Crippen MR) is 62.4 cm³/mol. The summed E-state index contributed by atoms with van der Waals surface area (Å²) in [5.41, 5.74) is 1.38. The van der Waals surface area contributed by atoms with E-state index in [4.69, 9.17) is 0 Å². The average Bonchev–Trinajstić information content (AvgIpc) is 2.25. The smallest absolute Gasteiger partial charge is 0.0291 e. The molecule has 0 bridgehead atoms. The molecule has 1 rings (SSSR count). The lowest BCUT2D eigenvalue weighted by molar-refractivity contribution is 0.544. The van der Waals surface area contributed by atoms with E-state index in [1.165, 1.54) is 24.8 Å². The van der Waals surface area contributed by atoms with Gasteiger partial charge in [-0.2, -0.15) is 0 Å². The third-order valence-electron chi connectivity index (χ3n) is 2.53. The zero-order chi connectivity index (χ0) is 10.2. The molecule has 1 atom stereocenters. The third kappa shape index (κ3) is 3.93. The molecule has 0 aromatic heterocycles. The van der Waals surface area contributed by atoms with Crippen LogP contribution < -0.4 is 5.32 Å². The van der Waals surface area contributed by atoms with Gasteiger partial charge in [0.15, 0.2) is 0 Å². The topological polar surface area (TPSA) is 12.0 Å². The SMILES string of the molecule is CCCCCN[C@@H](C)c1ccccc1. The molecule has 1 N–H and O–H groups in total. The molecular weight excluding hydrogens is 170 g/mol. The Bertz CT molecular complexity index is 230. The van der Waals surface area contributed by atoms with Crippen LogP contribution >= 0.6 is 0 Å². The molecule has 1 aromatic carbocycles. The molecule has 14 heavy (non-hydrogen) atoms. The lowest BCUT2D eigenvalue weighted by Gasteiger charge is -2.13. The maximum Gasteiger partial charge on any atom is 0.0291 e.